The van der Waals surface area contributed by atoms with Gasteiger partial charge in [0.2, 0.25) is 5.91 Å². The Hall–Kier alpha value is -2.30. The first-order valence-electron chi connectivity index (χ1n) is 8.68. The van der Waals surface area contributed by atoms with Gasteiger partial charge in [-0.25, -0.2) is 0 Å². The van der Waals surface area contributed by atoms with E-state index in [1.165, 1.54) is 5.56 Å². The number of hydrogen-bond donors (Lipinski definition) is 0. The molecule has 2 fully saturated rings. The number of benzene rings is 1. The molecule has 4 rings (SSSR count). The molecule has 2 aromatic rings. The lowest BCUT2D eigenvalue weighted by Crippen LogP contribution is -2.39. The van der Waals surface area contributed by atoms with Crippen LogP contribution in [0.1, 0.15) is 30.7 Å². The van der Waals surface area contributed by atoms with Crippen LogP contribution >= 0.6 is 0 Å². The van der Waals surface area contributed by atoms with E-state index in [0.29, 0.717) is 11.8 Å². The van der Waals surface area contributed by atoms with Gasteiger partial charge in [0.05, 0.1) is 19.7 Å². The molecule has 1 saturated carbocycles. The maximum Gasteiger partial charge on any atom is 0.226 e. The maximum atomic E-state index is 12.9. The first kappa shape index (κ1) is 15.2. The van der Waals surface area contributed by atoms with E-state index in [1.54, 1.807) is 13.3 Å². The third kappa shape index (κ3) is 2.90. The van der Waals surface area contributed by atoms with Gasteiger partial charge in [-0.1, -0.05) is 12.1 Å². The SMILES string of the molecule is COc1ccc(C2CC2C(=O)N2CCCC2Cn2cccn2)cc1. The van der Waals surface area contributed by atoms with E-state index in [2.05, 4.69) is 22.1 Å². The molecule has 5 nitrogen and oxygen atoms in total. The van der Waals surface area contributed by atoms with Crippen molar-refractivity contribution in [2.24, 2.45) is 5.92 Å². The van der Waals surface area contributed by atoms with Crippen LogP contribution in [-0.4, -0.2) is 40.3 Å². The van der Waals surface area contributed by atoms with Gasteiger partial charge < -0.3 is 9.64 Å². The molecule has 1 aliphatic carbocycles. The van der Waals surface area contributed by atoms with Crippen molar-refractivity contribution in [3.8, 4) is 5.75 Å². The second-order valence-electron chi connectivity index (χ2n) is 6.78. The van der Waals surface area contributed by atoms with E-state index in [9.17, 15) is 4.79 Å². The number of aromatic nitrogens is 2. The Bertz CT molecular complexity index is 696. The van der Waals surface area contributed by atoms with Gasteiger partial charge in [0.25, 0.3) is 0 Å². The first-order chi connectivity index (χ1) is 11.8. The van der Waals surface area contributed by atoms with E-state index in [0.717, 1.165) is 38.1 Å². The van der Waals surface area contributed by atoms with Crippen LogP contribution in [0.4, 0.5) is 0 Å². The number of methoxy groups -OCH3 is 1. The fourth-order valence-corrected chi connectivity index (χ4v) is 3.84. The molecule has 24 heavy (non-hydrogen) atoms. The monoisotopic (exact) mass is 325 g/mol. The molecule has 1 aromatic carbocycles. The molecule has 1 saturated heterocycles. The fraction of sp³-hybridized carbons (Fsp3) is 0.474. The maximum absolute atomic E-state index is 12.9. The van der Waals surface area contributed by atoms with Gasteiger partial charge in [0, 0.05) is 24.9 Å². The van der Waals surface area contributed by atoms with Gasteiger partial charge in [-0.2, -0.15) is 5.10 Å². The Morgan fingerprint density at radius 1 is 1.33 bits per heavy atom. The Morgan fingerprint density at radius 2 is 2.17 bits per heavy atom. The van der Waals surface area contributed by atoms with Crippen LogP contribution < -0.4 is 4.74 Å². The molecule has 2 heterocycles. The van der Waals surface area contributed by atoms with E-state index >= 15 is 0 Å². The van der Waals surface area contributed by atoms with Crippen LogP contribution in [0.25, 0.3) is 0 Å². The zero-order valence-corrected chi connectivity index (χ0v) is 14.0. The molecule has 2 aliphatic rings. The van der Waals surface area contributed by atoms with Crippen LogP contribution in [-0.2, 0) is 11.3 Å². The van der Waals surface area contributed by atoms with E-state index in [1.807, 2.05) is 29.1 Å². The summed E-state index contributed by atoms with van der Waals surface area (Å²) in [5.41, 5.74) is 1.25. The molecule has 3 unspecified atom stereocenters. The summed E-state index contributed by atoms with van der Waals surface area (Å²) in [7, 11) is 1.67. The summed E-state index contributed by atoms with van der Waals surface area (Å²) in [5, 5.41) is 4.28. The molecular weight excluding hydrogens is 302 g/mol. The highest BCUT2D eigenvalue weighted by Crippen LogP contribution is 2.49. The fourth-order valence-electron chi connectivity index (χ4n) is 3.84. The Morgan fingerprint density at radius 3 is 2.88 bits per heavy atom. The van der Waals surface area contributed by atoms with E-state index in [4.69, 9.17) is 4.74 Å². The Balaban J connectivity index is 1.40. The lowest BCUT2D eigenvalue weighted by Gasteiger charge is -2.25. The summed E-state index contributed by atoms with van der Waals surface area (Å²) in [6.07, 6.45) is 6.90. The van der Waals surface area contributed by atoms with Crippen LogP contribution in [0, 0.1) is 5.92 Å². The highest BCUT2D eigenvalue weighted by Gasteiger charge is 2.47. The summed E-state index contributed by atoms with van der Waals surface area (Å²) >= 11 is 0. The average Bonchev–Trinajstić information content (AvgIpc) is 3.01. The minimum atomic E-state index is 0.150. The van der Waals surface area contributed by atoms with Crippen molar-refractivity contribution in [1.29, 1.82) is 0 Å². The van der Waals surface area contributed by atoms with Gasteiger partial charge >= 0.3 is 0 Å². The molecule has 5 heteroatoms. The van der Waals surface area contributed by atoms with Crippen molar-refractivity contribution >= 4 is 5.91 Å². The lowest BCUT2D eigenvalue weighted by molar-refractivity contribution is -0.133. The highest BCUT2D eigenvalue weighted by atomic mass is 16.5. The molecule has 1 aromatic heterocycles. The summed E-state index contributed by atoms with van der Waals surface area (Å²) in [6, 6.07) is 10.3. The number of amides is 1. The number of likely N-dealkylation sites (tertiary alicyclic amines) is 1. The molecule has 0 spiro atoms. The number of ether oxygens (including phenoxy) is 1. The lowest BCUT2D eigenvalue weighted by atomic mass is 10.1. The van der Waals surface area contributed by atoms with Crippen LogP contribution in [0.5, 0.6) is 5.75 Å². The number of carbonyl (C=O) groups is 1. The predicted octanol–water partition coefficient (Wildman–Crippen LogP) is 2.69. The van der Waals surface area contributed by atoms with Gasteiger partial charge in [-0.05, 0) is 48.9 Å². The zero-order chi connectivity index (χ0) is 16.5. The molecular formula is C19H23N3O2. The quantitative estimate of drug-likeness (QED) is 0.849. The van der Waals surface area contributed by atoms with Gasteiger partial charge in [0.1, 0.15) is 5.75 Å². The molecule has 0 radical (unpaired) electrons. The third-order valence-corrected chi connectivity index (χ3v) is 5.27. The molecule has 3 atom stereocenters. The molecule has 1 aliphatic heterocycles. The van der Waals surface area contributed by atoms with Crippen LogP contribution in [0.3, 0.4) is 0 Å². The number of carbonyl (C=O) groups excluding carboxylic acids is 1. The summed E-state index contributed by atoms with van der Waals surface area (Å²) in [5.74, 6) is 1.71. The van der Waals surface area contributed by atoms with Crippen molar-refractivity contribution in [2.75, 3.05) is 13.7 Å². The topological polar surface area (TPSA) is 47.4 Å². The smallest absolute Gasteiger partial charge is 0.226 e. The van der Waals surface area contributed by atoms with Crippen molar-refractivity contribution in [1.82, 2.24) is 14.7 Å². The van der Waals surface area contributed by atoms with Crippen molar-refractivity contribution in [3.05, 3.63) is 48.3 Å². The minimum absolute atomic E-state index is 0.150. The van der Waals surface area contributed by atoms with Gasteiger partial charge in [0.15, 0.2) is 0 Å². The van der Waals surface area contributed by atoms with Gasteiger partial charge in [-0.15, -0.1) is 0 Å². The average molecular weight is 325 g/mol. The van der Waals surface area contributed by atoms with E-state index < -0.39 is 0 Å². The Kier molecular flexibility index (Phi) is 4.00. The van der Waals surface area contributed by atoms with E-state index in [-0.39, 0.29) is 12.0 Å². The highest BCUT2D eigenvalue weighted by molar-refractivity contribution is 5.83. The normalized spacial score (nSPS) is 25.7. The Labute approximate surface area is 142 Å². The summed E-state index contributed by atoms with van der Waals surface area (Å²) in [6.45, 7) is 1.69. The first-order valence-corrected chi connectivity index (χ1v) is 8.68. The van der Waals surface area contributed by atoms with Crippen LogP contribution in [0.15, 0.2) is 42.7 Å². The van der Waals surface area contributed by atoms with Crippen molar-refractivity contribution < 1.29 is 9.53 Å². The standard InChI is InChI=1S/C19H23N3O2/c1-24-16-7-5-14(6-8-16)17-12-18(17)19(23)22-11-2-4-15(22)13-21-10-3-9-20-21/h3,5-10,15,17-18H,2,4,11-13H2,1H3. The number of nitrogens with zero attached hydrogens (tertiary/aromatic N) is 3. The second kappa shape index (κ2) is 6.30. The molecule has 0 bridgehead atoms. The summed E-state index contributed by atoms with van der Waals surface area (Å²) < 4.78 is 7.14. The largest absolute Gasteiger partial charge is 0.497 e. The third-order valence-electron chi connectivity index (χ3n) is 5.27. The molecule has 1 amide bonds. The number of rotatable bonds is 5. The summed E-state index contributed by atoms with van der Waals surface area (Å²) in [4.78, 5) is 15.0. The molecule has 126 valence electrons. The van der Waals surface area contributed by atoms with Gasteiger partial charge in [-0.3, -0.25) is 9.48 Å². The predicted molar refractivity (Wildman–Crippen MR) is 90.8 cm³/mol. The number of hydrogen-bond acceptors (Lipinski definition) is 3. The molecule has 0 N–H and O–H groups in total. The zero-order valence-electron chi connectivity index (χ0n) is 14.0. The van der Waals surface area contributed by atoms with Crippen molar-refractivity contribution in [3.63, 3.8) is 0 Å². The second-order valence-corrected chi connectivity index (χ2v) is 6.78. The van der Waals surface area contributed by atoms with Crippen molar-refractivity contribution in [2.45, 2.75) is 37.8 Å². The van der Waals surface area contributed by atoms with Crippen LogP contribution in [0.2, 0.25) is 0 Å². The minimum Gasteiger partial charge on any atom is -0.497 e.